The van der Waals surface area contributed by atoms with Gasteiger partial charge in [0.05, 0.1) is 5.57 Å². The molecule has 0 saturated carbocycles. The zero-order chi connectivity index (χ0) is 21.3. The van der Waals surface area contributed by atoms with Crippen LogP contribution in [0.5, 0.6) is 5.75 Å². The first-order chi connectivity index (χ1) is 13.8. The van der Waals surface area contributed by atoms with Crippen LogP contribution in [0.15, 0.2) is 46.0 Å². The smallest absolute Gasteiger partial charge is 0.406 e. The molecule has 1 fully saturated rings. The zero-order valence-corrected chi connectivity index (χ0v) is 16.3. The first-order valence-electron chi connectivity index (χ1n) is 9.17. The van der Waals surface area contributed by atoms with Gasteiger partial charge >= 0.3 is 6.36 Å². The van der Waals surface area contributed by atoms with Gasteiger partial charge in [-0.15, -0.1) is 13.2 Å². The van der Waals surface area contributed by atoms with E-state index in [0.717, 1.165) is 38.2 Å². The summed E-state index contributed by atoms with van der Waals surface area (Å²) in [7, 11) is 1.89. The fourth-order valence-electron chi connectivity index (χ4n) is 3.31. The number of ether oxygens (including phenoxy) is 1. The summed E-state index contributed by atoms with van der Waals surface area (Å²) in [6, 6.07) is 5.90. The van der Waals surface area contributed by atoms with E-state index in [1.165, 1.54) is 24.5 Å². The average Bonchev–Trinajstić information content (AvgIpc) is 2.64. The molecule has 0 atom stereocenters. The van der Waals surface area contributed by atoms with Gasteiger partial charge in [-0.05, 0) is 57.4 Å². The van der Waals surface area contributed by atoms with Crippen LogP contribution in [0.1, 0.15) is 12.8 Å². The average molecular weight is 410 g/mol. The number of aldehydes is 1. The number of halogens is 3. The molecule has 1 N–H and O–H groups in total. The van der Waals surface area contributed by atoms with Crippen LogP contribution >= 0.6 is 0 Å². The summed E-state index contributed by atoms with van der Waals surface area (Å²) in [5, 5.41) is 3.16. The molecule has 1 aliphatic heterocycles. The summed E-state index contributed by atoms with van der Waals surface area (Å²) >= 11 is 0. The highest BCUT2D eigenvalue weighted by Crippen LogP contribution is 2.40. The molecule has 0 radical (unpaired) electrons. The number of nitrogens with zero attached hydrogens (tertiary/aromatic N) is 3. The third kappa shape index (κ3) is 7.01. The summed E-state index contributed by atoms with van der Waals surface area (Å²) < 4.78 is 40.8. The predicted molar refractivity (Wildman–Crippen MR) is 108 cm³/mol. The highest BCUT2D eigenvalue weighted by Gasteiger charge is 2.42. The second kappa shape index (κ2) is 10.2. The van der Waals surface area contributed by atoms with Crippen LogP contribution in [0.4, 0.5) is 18.9 Å². The van der Waals surface area contributed by atoms with Crippen molar-refractivity contribution < 1.29 is 22.7 Å². The lowest BCUT2D eigenvalue weighted by molar-refractivity contribution is -0.274. The van der Waals surface area contributed by atoms with Gasteiger partial charge in [-0.1, -0.05) is 0 Å². The molecule has 1 aliphatic rings. The number of benzene rings is 1. The molecule has 0 bridgehead atoms. The van der Waals surface area contributed by atoms with Gasteiger partial charge in [-0.3, -0.25) is 14.8 Å². The van der Waals surface area contributed by atoms with E-state index in [1.807, 2.05) is 7.05 Å². The summed E-state index contributed by atoms with van der Waals surface area (Å²) in [6.07, 6.45) is 0.613. The minimum atomic E-state index is -4.69. The number of hydrogen-bond acceptors (Lipinski definition) is 6. The van der Waals surface area contributed by atoms with E-state index in [-0.39, 0.29) is 11.2 Å². The Morgan fingerprint density at radius 3 is 2.55 bits per heavy atom. The second-order valence-corrected chi connectivity index (χ2v) is 6.97. The fourth-order valence-corrected chi connectivity index (χ4v) is 3.31. The normalized spacial score (nSPS) is 16.6. The fraction of sp³-hybridized carbons (Fsp3) is 0.450. The highest BCUT2D eigenvalue weighted by molar-refractivity contribution is 6.01. The minimum Gasteiger partial charge on any atom is -0.406 e. The standard InChI is InChI=1S/C20H25F3N4O2/c1-24-9-7-19(8-10-26-12-16(13-28)11-25-2)14-27(15-19)17-3-5-18(6-4-17)29-20(21,22)23/h3-6,11-13,24H,2,7-10,14-15H2,1H3/b16-11+,26-12?. The van der Waals surface area contributed by atoms with Crippen molar-refractivity contribution in [2.24, 2.45) is 15.4 Å². The molecule has 0 aromatic heterocycles. The number of rotatable bonds is 11. The maximum Gasteiger partial charge on any atom is 0.573 e. The molecule has 0 spiro atoms. The Hall–Kier alpha value is -2.68. The van der Waals surface area contributed by atoms with Crippen molar-refractivity contribution in [3.63, 3.8) is 0 Å². The van der Waals surface area contributed by atoms with E-state index < -0.39 is 6.36 Å². The molecule has 1 aromatic carbocycles. The van der Waals surface area contributed by atoms with E-state index in [1.54, 1.807) is 12.1 Å². The Kier molecular flexibility index (Phi) is 7.95. The Morgan fingerprint density at radius 1 is 1.31 bits per heavy atom. The molecule has 1 heterocycles. The molecule has 158 valence electrons. The van der Waals surface area contributed by atoms with Crippen molar-refractivity contribution in [2.75, 3.05) is 38.1 Å². The molecule has 6 nitrogen and oxygen atoms in total. The number of carbonyl (C=O) groups is 1. The van der Waals surface area contributed by atoms with Crippen LogP contribution in [0, 0.1) is 5.41 Å². The van der Waals surface area contributed by atoms with Gasteiger partial charge in [0, 0.05) is 43.2 Å². The molecule has 9 heteroatoms. The Bertz CT molecular complexity index is 739. The molecule has 0 unspecified atom stereocenters. The van der Waals surface area contributed by atoms with Gasteiger partial charge in [0.1, 0.15) is 5.75 Å². The van der Waals surface area contributed by atoms with Crippen LogP contribution in [0.3, 0.4) is 0 Å². The zero-order valence-electron chi connectivity index (χ0n) is 16.3. The van der Waals surface area contributed by atoms with Crippen molar-refractivity contribution in [3.05, 3.63) is 36.0 Å². The Morgan fingerprint density at radius 2 is 2.00 bits per heavy atom. The monoisotopic (exact) mass is 410 g/mol. The van der Waals surface area contributed by atoms with Crippen molar-refractivity contribution in [2.45, 2.75) is 19.2 Å². The molecule has 1 saturated heterocycles. The first kappa shape index (κ1) is 22.6. The molecule has 2 rings (SSSR count). The number of anilines is 1. The molecule has 1 aromatic rings. The lowest BCUT2D eigenvalue weighted by Crippen LogP contribution is -2.57. The number of nitrogens with one attached hydrogen (secondary N) is 1. The summed E-state index contributed by atoms with van der Waals surface area (Å²) in [5.41, 5.74) is 1.27. The van der Waals surface area contributed by atoms with Gasteiger partial charge in [0.15, 0.2) is 6.29 Å². The lowest BCUT2D eigenvalue weighted by Gasteiger charge is -2.52. The third-order valence-corrected chi connectivity index (χ3v) is 4.78. The van der Waals surface area contributed by atoms with Crippen LogP contribution in [0.25, 0.3) is 0 Å². The summed E-state index contributed by atoms with van der Waals surface area (Å²) in [6.45, 7) is 6.31. The van der Waals surface area contributed by atoms with E-state index in [0.29, 0.717) is 18.4 Å². The van der Waals surface area contributed by atoms with Gasteiger partial charge in [0.25, 0.3) is 0 Å². The number of aliphatic imine (C=N–C) groups is 2. The van der Waals surface area contributed by atoms with Crippen molar-refractivity contribution in [3.8, 4) is 5.75 Å². The molecular weight excluding hydrogens is 385 g/mol. The van der Waals surface area contributed by atoms with Gasteiger partial charge in [-0.2, -0.15) is 0 Å². The largest absolute Gasteiger partial charge is 0.573 e. The second-order valence-electron chi connectivity index (χ2n) is 6.97. The van der Waals surface area contributed by atoms with E-state index >= 15 is 0 Å². The Balaban J connectivity index is 1.94. The van der Waals surface area contributed by atoms with Crippen molar-refractivity contribution >= 4 is 24.9 Å². The highest BCUT2D eigenvalue weighted by atomic mass is 19.4. The minimum absolute atomic E-state index is 0.0588. The topological polar surface area (TPSA) is 66.3 Å². The van der Waals surface area contributed by atoms with E-state index in [2.05, 4.69) is 31.7 Å². The van der Waals surface area contributed by atoms with Gasteiger partial charge in [0.2, 0.25) is 0 Å². The quantitative estimate of drug-likeness (QED) is 0.346. The third-order valence-electron chi connectivity index (χ3n) is 4.78. The van der Waals surface area contributed by atoms with Gasteiger partial charge in [-0.25, -0.2) is 0 Å². The maximum atomic E-state index is 12.3. The van der Waals surface area contributed by atoms with Crippen LogP contribution in [-0.2, 0) is 4.79 Å². The van der Waals surface area contributed by atoms with Crippen molar-refractivity contribution in [1.29, 1.82) is 0 Å². The maximum absolute atomic E-state index is 12.3. The summed E-state index contributed by atoms with van der Waals surface area (Å²) in [5.74, 6) is -0.231. The lowest BCUT2D eigenvalue weighted by atomic mass is 9.73. The molecule has 0 aliphatic carbocycles. The molecule has 29 heavy (non-hydrogen) atoms. The summed E-state index contributed by atoms with van der Waals surface area (Å²) in [4.78, 5) is 20.8. The SMILES string of the molecule is C=N/C=C(/C=O)C=NCCC1(CCNC)CN(c2ccc(OC(F)(F)F)cc2)C1. The van der Waals surface area contributed by atoms with Crippen LogP contribution in [-0.4, -0.2) is 58.8 Å². The Labute approximate surface area is 168 Å². The number of carbonyl (C=O) groups excluding carboxylic acids is 1. The number of alkyl halides is 3. The van der Waals surface area contributed by atoms with Crippen LogP contribution in [0.2, 0.25) is 0 Å². The predicted octanol–water partition coefficient (Wildman–Crippen LogP) is 3.25. The number of hydrogen-bond donors (Lipinski definition) is 1. The van der Waals surface area contributed by atoms with E-state index in [4.69, 9.17) is 0 Å². The van der Waals surface area contributed by atoms with Gasteiger partial charge < -0.3 is 15.0 Å². The van der Waals surface area contributed by atoms with E-state index in [9.17, 15) is 18.0 Å². The van der Waals surface area contributed by atoms with Crippen molar-refractivity contribution in [1.82, 2.24) is 5.32 Å². The molecular formula is C20H25F3N4O2. The van der Waals surface area contributed by atoms with Crippen LogP contribution < -0.4 is 15.0 Å². The molecule has 0 amide bonds. The number of allylic oxidation sites excluding steroid dienone is 1. The first-order valence-corrected chi connectivity index (χ1v) is 9.17.